The van der Waals surface area contributed by atoms with E-state index in [0.29, 0.717) is 17.1 Å². The Labute approximate surface area is 165 Å². The Balaban J connectivity index is 1.49. The summed E-state index contributed by atoms with van der Waals surface area (Å²) in [6.07, 6.45) is 0. The van der Waals surface area contributed by atoms with Gasteiger partial charge in [-0.2, -0.15) is 4.79 Å². The Bertz CT molecular complexity index is 1360. The highest BCUT2D eigenvalue weighted by molar-refractivity contribution is 5.92. The van der Waals surface area contributed by atoms with Crippen LogP contribution < -0.4 is 5.43 Å². The number of hydrogen-bond donors (Lipinski definition) is 2. The first-order valence-corrected chi connectivity index (χ1v) is 9.08. The van der Waals surface area contributed by atoms with Gasteiger partial charge < -0.3 is 5.11 Å². The molecule has 0 saturated carbocycles. The van der Waals surface area contributed by atoms with Crippen LogP contribution in [0, 0.1) is 0 Å². The summed E-state index contributed by atoms with van der Waals surface area (Å²) in [7, 11) is 0. The molecule has 7 nitrogen and oxygen atoms in total. The molecular formula is C22H16N6O. The van der Waals surface area contributed by atoms with E-state index in [2.05, 4.69) is 26.0 Å². The van der Waals surface area contributed by atoms with E-state index < -0.39 is 0 Å². The lowest BCUT2D eigenvalue weighted by Gasteiger charge is -2.08. The summed E-state index contributed by atoms with van der Waals surface area (Å²) in [5.74, 6) is 0.111. The summed E-state index contributed by atoms with van der Waals surface area (Å²) in [4.78, 5) is 1.59. The van der Waals surface area contributed by atoms with Crippen molar-refractivity contribution in [2.45, 2.75) is 0 Å². The molecule has 7 heteroatoms. The number of azo groups is 1. The Morgan fingerprint density at radius 3 is 2.48 bits per heavy atom. The van der Waals surface area contributed by atoms with Gasteiger partial charge in [0.15, 0.2) is 5.75 Å². The number of aromatic hydroxyl groups is 1. The fraction of sp³-hybridized carbons (Fsp3) is 0. The maximum absolute atomic E-state index is 10.5. The van der Waals surface area contributed by atoms with Crippen LogP contribution in [-0.4, -0.2) is 20.2 Å². The van der Waals surface area contributed by atoms with Crippen molar-refractivity contribution in [3.05, 3.63) is 84.9 Å². The van der Waals surface area contributed by atoms with E-state index in [1.54, 1.807) is 10.9 Å². The molecule has 0 spiro atoms. The fourth-order valence-electron chi connectivity index (χ4n) is 3.15. The third kappa shape index (κ3) is 3.14. The molecule has 0 aliphatic heterocycles. The fourth-order valence-corrected chi connectivity index (χ4v) is 3.15. The zero-order valence-electron chi connectivity index (χ0n) is 15.3. The highest BCUT2D eigenvalue weighted by atomic mass is 16.3. The molecule has 0 aliphatic carbocycles. The van der Waals surface area contributed by atoms with Gasteiger partial charge in [0.05, 0.1) is 5.69 Å². The molecular weight excluding hydrogens is 364 g/mol. The first-order valence-electron chi connectivity index (χ1n) is 9.08. The van der Waals surface area contributed by atoms with Crippen LogP contribution in [-0.2, 0) is 0 Å². The monoisotopic (exact) mass is 380 g/mol. The first kappa shape index (κ1) is 16.9. The van der Waals surface area contributed by atoms with E-state index in [-0.39, 0.29) is 5.75 Å². The summed E-state index contributed by atoms with van der Waals surface area (Å²) in [6.45, 7) is 0. The zero-order chi connectivity index (χ0) is 19.6. The van der Waals surface area contributed by atoms with Gasteiger partial charge >= 0.3 is 0 Å². The van der Waals surface area contributed by atoms with Gasteiger partial charge in [-0.1, -0.05) is 54.6 Å². The minimum absolute atomic E-state index is 0.111. The molecule has 1 heterocycles. The van der Waals surface area contributed by atoms with Crippen LogP contribution in [0.3, 0.4) is 0 Å². The molecule has 2 N–H and O–H groups in total. The predicted octanol–water partition coefficient (Wildman–Crippen LogP) is 5.58. The number of aromatic nitrogens is 3. The van der Waals surface area contributed by atoms with Crippen molar-refractivity contribution in [3.8, 4) is 5.75 Å². The van der Waals surface area contributed by atoms with Gasteiger partial charge in [-0.05, 0) is 40.9 Å². The molecule has 140 valence electrons. The third-order valence-electron chi connectivity index (χ3n) is 4.63. The summed E-state index contributed by atoms with van der Waals surface area (Å²) >= 11 is 0. The Kier molecular flexibility index (Phi) is 4.10. The number of nitrogens with zero attached hydrogens (tertiary/aromatic N) is 5. The maximum atomic E-state index is 10.5. The van der Waals surface area contributed by atoms with E-state index in [9.17, 15) is 5.11 Å². The van der Waals surface area contributed by atoms with Crippen molar-refractivity contribution in [2.75, 3.05) is 5.43 Å². The molecule has 29 heavy (non-hydrogen) atoms. The van der Waals surface area contributed by atoms with Crippen molar-refractivity contribution < 1.29 is 5.11 Å². The molecule has 4 aromatic carbocycles. The number of benzene rings is 4. The second-order valence-corrected chi connectivity index (χ2v) is 6.47. The Morgan fingerprint density at radius 1 is 0.759 bits per heavy atom. The number of hydrogen-bond acceptors (Lipinski definition) is 6. The maximum Gasteiger partial charge on any atom is 0.150 e. The average Bonchev–Trinajstić information content (AvgIpc) is 3.17. The SMILES string of the molecule is Oc1c(N=Nc2ccccc2Nn2nnc3ccccc32)ccc2ccccc12. The molecule has 5 rings (SSSR count). The standard InChI is InChI=1S/C22H16N6O/c29-22-16-8-2-1-7-15(16)13-14-20(22)24-23-17-9-3-4-10-18(17)26-28-21-12-6-5-11-19(21)25-27-28/h1-14,26,29H. The molecule has 0 saturated heterocycles. The Morgan fingerprint density at radius 2 is 1.52 bits per heavy atom. The summed E-state index contributed by atoms with van der Waals surface area (Å²) < 4.78 is 0. The lowest BCUT2D eigenvalue weighted by atomic mass is 10.1. The Hall–Kier alpha value is -4.26. The number of fused-ring (bicyclic) bond motifs is 2. The van der Waals surface area contributed by atoms with Gasteiger partial charge in [0.25, 0.3) is 0 Å². The van der Waals surface area contributed by atoms with Crippen molar-refractivity contribution in [3.63, 3.8) is 0 Å². The molecule has 5 aromatic rings. The summed E-state index contributed by atoms with van der Waals surface area (Å²) in [6, 6.07) is 26.4. The molecule has 1 aromatic heterocycles. The predicted molar refractivity (Wildman–Crippen MR) is 113 cm³/mol. The number of anilines is 1. The van der Waals surface area contributed by atoms with Gasteiger partial charge in [-0.3, -0.25) is 5.43 Å². The van der Waals surface area contributed by atoms with Gasteiger partial charge in [-0.25, -0.2) is 0 Å². The van der Waals surface area contributed by atoms with Gasteiger partial charge in [0, 0.05) is 5.39 Å². The number of rotatable bonds is 4. The molecule has 0 radical (unpaired) electrons. The minimum atomic E-state index is 0.111. The lowest BCUT2D eigenvalue weighted by Crippen LogP contribution is -2.10. The molecule has 0 atom stereocenters. The van der Waals surface area contributed by atoms with Crippen molar-refractivity contribution >= 4 is 38.9 Å². The highest BCUT2D eigenvalue weighted by Gasteiger charge is 2.08. The number of para-hydroxylation sites is 2. The van der Waals surface area contributed by atoms with Crippen LogP contribution in [0.4, 0.5) is 17.1 Å². The van der Waals surface area contributed by atoms with Crippen molar-refractivity contribution in [2.24, 2.45) is 10.2 Å². The minimum Gasteiger partial charge on any atom is -0.505 e. The molecule has 0 amide bonds. The molecule has 0 aliphatic rings. The normalized spacial score (nSPS) is 11.4. The topological polar surface area (TPSA) is 87.7 Å². The largest absolute Gasteiger partial charge is 0.505 e. The van der Waals surface area contributed by atoms with Crippen LogP contribution in [0.1, 0.15) is 0 Å². The summed E-state index contributed by atoms with van der Waals surface area (Å²) in [5.41, 5.74) is 6.58. The van der Waals surface area contributed by atoms with Crippen LogP contribution in [0.5, 0.6) is 5.75 Å². The van der Waals surface area contributed by atoms with Gasteiger partial charge in [0.2, 0.25) is 0 Å². The zero-order valence-corrected chi connectivity index (χ0v) is 15.3. The molecule has 0 bridgehead atoms. The van der Waals surface area contributed by atoms with Crippen LogP contribution in [0.2, 0.25) is 0 Å². The van der Waals surface area contributed by atoms with Crippen LogP contribution in [0.25, 0.3) is 21.8 Å². The lowest BCUT2D eigenvalue weighted by molar-refractivity contribution is 0.482. The number of phenols is 1. The van der Waals surface area contributed by atoms with Gasteiger partial charge in [0.1, 0.15) is 22.4 Å². The number of phenolic OH excluding ortho intramolecular Hbond substituents is 1. The van der Waals surface area contributed by atoms with Crippen molar-refractivity contribution in [1.29, 1.82) is 0 Å². The van der Waals surface area contributed by atoms with E-state index in [0.717, 1.165) is 21.8 Å². The molecule has 0 fully saturated rings. The third-order valence-corrected chi connectivity index (χ3v) is 4.63. The summed E-state index contributed by atoms with van der Waals surface area (Å²) in [5, 5.41) is 29.1. The smallest absolute Gasteiger partial charge is 0.150 e. The van der Waals surface area contributed by atoms with Crippen LogP contribution in [0.15, 0.2) is 95.2 Å². The second kappa shape index (κ2) is 7.05. The second-order valence-electron chi connectivity index (χ2n) is 6.47. The molecule has 0 unspecified atom stereocenters. The van der Waals surface area contributed by atoms with Gasteiger partial charge in [-0.15, -0.1) is 15.3 Å². The highest BCUT2D eigenvalue weighted by Crippen LogP contribution is 2.36. The van der Waals surface area contributed by atoms with E-state index in [1.807, 2.05) is 78.9 Å². The van der Waals surface area contributed by atoms with E-state index >= 15 is 0 Å². The number of nitrogens with one attached hydrogen (secondary N) is 1. The van der Waals surface area contributed by atoms with E-state index in [4.69, 9.17) is 0 Å². The van der Waals surface area contributed by atoms with Crippen LogP contribution >= 0.6 is 0 Å². The first-order chi connectivity index (χ1) is 14.3. The average molecular weight is 380 g/mol. The quantitative estimate of drug-likeness (QED) is 0.398. The van der Waals surface area contributed by atoms with Crippen molar-refractivity contribution in [1.82, 2.24) is 15.1 Å². The van der Waals surface area contributed by atoms with E-state index in [1.165, 1.54) is 0 Å².